The summed E-state index contributed by atoms with van der Waals surface area (Å²) in [6.45, 7) is 7.47. The van der Waals surface area contributed by atoms with Crippen molar-refractivity contribution in [2.75, 3.05) is 45.8 Å². The molecule has 6 heteroatoms. The molecule has 0 spiro atoms. The molecule has 1 amide bonds. The molecule has 1 aromatic rings. The predicted octanol–water partition coefficient (Wildman–Crippen LogP) is 1.37. The second-order valence-corrected chi connectivity index (χ2v) is 7.59. The zero-order valence-electron chi connectivity index (χ0n) is 14.5. The average Bonchev–Trinajstić information content (AvgIpc) is 3.37. The topological polar surface area (TPSA) is 53.4 Å². The maximum Gasteiger partial charge on any atom is 0.274 e. The number of carbonyl (C=O) groups excluding carboxylic acids is 1. The number of aromatic nitrogens is 2. The van der Waals surface area contributed by atoms with Crippen molar-refractivity contribution in [3.8, 4) is 0 Å². The Morgan fingerprint density at radius 1 is 1.21 bits per heavy atom. The van der Waals surface area contributed by atoms with E-state index >= 15 is 0 Å². The van der Waals surface area contributed by atoms with E-state index in [-0.39, 0.29) is 5.91 Å². The van der Waals surface area contributed by atoms with E-state index in [1.807, 2.05) is 21.8 Å². The molecule has 3 aliphatic rings. The first-order valence-corrected chi connectivity index (χ1v) is 9.57. The molecule has 1 aromatic heterocycles. The smallest absolute Gasteiger partial charge is 0.274 e. The van der Waals surface area contributed by atoms with Gasteiger partial charge >= 0.3 is 0 Å². The van der Waals surface area contributed by atoms with Crippen LogP contribution in [0.4, 0.5) is 0 Å². The van der Waals surface area contributed by atoms with Gasteiger partial charge in [-0.05, 0) is 63.7 Å². The molecular formula is C18H29N5O. The van der Waals surface area contributed by atoms with Crippen molar-refractivity contribution < 1.29 is 4.79 Å². The first-order valence-electron chi connectivity index (χ1n) is 9.57. The monoisotopic (exact) mass is 331 g/mol. The minimum Gasteiger partial charge on any atom is -0.337 e. The molecule has 0 radical (unpaired) electrons. The van der Waals surface area contributed by atoms with Crippen LogP contribution in [0.2, 0.25) is 0 Å². The summed E-state index contributed by atoms with van der Waals surface area (Å²) >= 11 is 0. The van der Waals surface area contributed by atoms with Gasteiger partial charge in [0.05, 0.1) is 6.04 Å². The van der Waals surface area contributed by atoms with Crippen LogP contribution < -0.4 is 5.32 Å². The highest BCUT2D eigenvalue weighted by Crippen LogP contribution is 2.22. The summed E-state index contributed by atoms with van der Waals surface area (Å²) in [4.78, 5) is 17.3. The Balaban J connectivity index is 1.33. The summed E-state index contributed by atoms with van der Waals surface area (Å²) in [6, 6.07) is 2.28. The number of piperidine rings is 1. The molecule has 4 heterocycles. The van der Waals surface area contributed by atoms with Gasteiger partial charge in [0.1, 0.15) is 5.69 Å². The second-order valence-electron chi connectivity index (χ2n) is 7.59. The van der Waals surface area contributed by atoms with Crippen molar-refractivity contribution in [2.24, 2.45) is 5.92 Å². The van der Waals surface area contributed by atoms with Crippen molar-refractivity contribution in [3.63, 3.8) is 0 Å². The van der Waals surface area contributed by atoms with Crippen molar-refractivity contribution in [2.45, 2.75) is 38.1 Å². The fourth-order valence-electron chi connectivity index (χ4n) is 4.37. The first-order chi connectivity index (χ1) is 11.8. The Hall–Kier alpha value is -1.40. The maximum absolute atomic E-state index is 12.7. The Kier molecular flexibility index (Phi) is 4.85. The van der Waals surface area contributed by atoms with Gasteiger partial charge in [-0.25, -0.2) is 0 Å². The molecule has 132 valence electrons. The van der Waals surface area contributed by atoms with E-state index in [4.69, 9.17) is 0 Å². The first kappa shape index (κ1) is 16.1. The molecule has 4 rings (SSSR count). The third kappa shape index (κ3) is 3.49. The molecule has 6 nitrogen and oxygen atoms in total. The zero-order chi connectivity index (χ0) is 16.4. The van der Waals surface area contributed by atoms with Crippen LogP contribution in [0.15, 0.2) is 12.3 Å². The third-order valence-corrected chi connectivity index (χ3v) is 5.76. The molecule has 3 aliphatic heterocycles. The molecule has 1 N–H and O–H groups in total. The van der Waals surface area contributed by atoms with Crippen LogP contribution in [0.3, 0.4) is 0 Å². The minimum absolute atomic E-state index is 0.112. The maximum atomic E-state index is 12.7. The van der Waals surface area contributed by atoms with Crippen molar-refractivity contribution in [3.05, 3.63) is 18.0 Å². The fraction of sp³-hybridized carbons (Fsp3) is 0.778. The normalized spacial score (nSPS) is 28.6. The van der Waals surface area contributed by atoms with Crippen LogP contribution in [-0.2, 0) is 0 Å². The molecule has 0 aromatic carbocycles. The van der Waals surface area contributed by atoms with E-state index in [0.717, 1.165) is 45.6 Å². The summed E-state index contributed by atoms with van der Waals surface area (Å²) in [5.74, 6) is 0.748. The van der Waals surface area contributed by atoms with E-state index in [1.165, 1.54) is 32.4 Å². The van der Waals surface area contributed by atoms with Crippen LogP contribution >= 0.6 is 0 Å². The van der Waals surface area contributed by atoms with Gasteiger partial charge in [0, 0.05) is 32.4 Å². The minimum atomic E-state index is 0.112. The molecule has 3 fully saturated rings. The van der Waals surface area contributed by atoms with Gasteiger partial charge in [-0.1, -0.05) is 0 Å². The Morgan fingerprint density at radius 3 is 2.88 bits per heavy atom. The van der Waals surface area contributed by atoms with E-state index < -0.39 is 0 Å². The van der Waals surface area contributed by atoms with Gasteiger partial charge in [-0.15, -0.1) is 0 Å². The van der Waals surface area contributed by atoms with Gasteiger partial charge in [0.25, 0.3) is 5.91 Å². The lowest BCUT2D eigenvalue weighted by molar-refractivity contribution is 0.0777. The fourth-order valence-corrected chi connectivity index (χ4v) is 4.37. The second kappa shape index (κ2) is 7.23. The van der Waals surface area contributed by atoms with Crippen LogP contribution in [0, 0.1) is 5.92 Å². The van der Waals surface area contributed by atoms with Crippen molar-refractivity contribution in [1.82, 2.24) is 24.9 Å². The summed E-state index contributed by atoms with van der Waals surface area (Å²) in [7, 11) is 0. The zero-order valence-corrected chi connectivity index (χ0v) is 14.5. The lowest BCUT2D eigenvalue weighted by Crippen LogP contribution is -2.33. The van der Waals surface area contributed by atoms with Gasteiger partial charge in [0.2, 0.25) is 0 Å². The standard InChI is InChI=1S/C18H29N5O/c24-18(17-6-11-23(20-17)16-4-3-7-19-12-16)22-10-5-15(14-22)13-21-8-1-2-9-21/h6,11,15-16,19H,1-5,7-10,12-14H2. The highest BCUT2D eigenvalue weighted by Gasteiger charge is 2.30. The lowest BCUT2D eigenvalue weighted by atomic mass is 10.1. The van der Waals surface area contributed by atoms with Gasteiger partial charge in [0.15, 0.2) is 0 Å². The number of rotatable bonds is 4. The number of hydrogen-bond donors (Lipinski definition) is 1. The highest BCUT2D eigenvalue weighted by molar-refractivity contribution is 5.92. The Labute approximate surface area is 144 Å². The SMILES string of the molecule is O=C(c1ccn(C2CCCNC2)n1)N1CCC(CN2CCCC2)C1. The molecule has 0 bridgehead atoms. The summed E-state index contributed by atoms with van der Waals surface area (Å²) in [5.41, 5.74) is 0.613. The third-order valence-electron chi connectivity index (χ3n) is 5.76. The van der Waals surface area contributed by atoms with Crippen LogP contribution in [0.25, 0.3) is 0 Å². The van der Waals surface area contributed by atoms with Gasteiger partial charge in [-0.3, -0.25) is 9.48 Å². The number of likely N-dealkylation sites (tertiary alicyclic amines) is 2. The summed E-state index contributed by atoms with van der Waals surface area (Å²) in [5, 5.41) is 7.99. The Morgan fingerprint density at radius 2 is 2.08 bits per heavy atom. The van der Waals surface area contributed by atoms with Crippen LogP contribution in [0.5, 0.6) is 0 Å². The van der Waals surface area contributed by atoms with Crippen molar-refractivity contribution in [1.29, 1.82) is 0 Å². The number of hydrogen-bond acceptors (Lipinski definition) is 4. The number of nitrogens with one attached hydrogen (secondary N) is 1. The van der Waals surface area contributed by atoms with E-state index in [2.05, 4.69) is 15.3 Å². The number of amides is 1. The summed E-state index contributed by atoms with van der Waals surface area (Å²) < 4.78 is 1.98. The van der Waals surface area contributed by atoms with Gasteiger partial charge < -0.3 is 15.1 Å². The number of nitrogens with zero attached hydrogens (tertiary/aromatic N) is 4. The quantitative estimate of drug-likeness (QED) is 0.905. The Bertz CT molecular complexity index is 560. The molecule has 3 saturated heterocycles. The van der Waals surface area contributed by atoms with E-state index in [9.17, 15) is 4.79 Å². The lowest BCUT2D eigenvalue weighted by Gasteiger charge is -2.23. The average molecular weight is 331 g/mol. The van der Waals surface area contributed by atoms with E-state index in [1.54, 1.807) is 0 Å². The van der Waals surface area contributed by atoms with Crippen LogP contribution in [-0.4, -0.2) is 71.3 Å². The molecule has 0 saturated carbocycles. The van der Waals surface area contributed by atoms with E-state index in [0.29, 0.717) is 17.7 Å². The molecule has 2 atom stereocenters. The highest BCUT2D eigenvalue weighted by atomic mass is 16.2. The largest absolute Gasteiger partial charge is 0.337 e. The molecule has 0 aliphatic carbocycles. The molecule has 2 unspecified atom stereocenters. The summed E-state index contributed by atoms with van der Waals surface area (Å²) in [6.07, 6.45) is 8.10. The predicted molar refractivity (Wildman–Crippen MR) is 93.1 cm³/mol. The molecule has 24 heavy (non-hydrogen) atoms. The molecular weight excluding hydrogens is 302 g/mol. The van der Waals surface area contributed by atoms with Crippen LogP contribution in [0.1, 0.15) is 48.6 Å². The van der Waals surface area contributed by atoms with Gasteiger partial charge in [-0.2, -0.15) is 5.10 Å². The number of carbonyl (C=O) groups is 1. The van der Waals surface area contributed by atoms with Crippen molar-refractivity contribution >= 4 is 5.91 Å².